The normalized spacial score (nSPS) is 15.6. The predicted molar refractivity (Wildman–Crippen MR) is 119 cm³/mol. The summed E-state index contributed by atoms with van der Waals surface area (Å²) in [6, 6.07) is 13.2. The lowest BCUT2D eigenvalue weighted by Crippen LogP contribution is -2.47. The second kappa shape index (κ2) is 9.76. The zero-order valence-electron chi connectivity index (χ0n) is 17.2. The molecule has 2 aromatic rings. The molecule has 1 aliphatic heterocycles. The minimum atomic E-state index is -0.693. The molecule has 2 atom stereocenters. The van der Waals surface area contributed by atoms with Gasteiger partial charge in [-0.25, -0.2) is 0 Å². The number of nitrogens with zero attached hydrogens (tertiary/aromatic N) is 1. The fourth-order valence-electron chi connectivity index (χ4n) is 3.44. The summed E-state index contributed by atoms with van der Waals surface area (Å²) in [5.74, 6) is -0.615. The van der Waals surface area contributed by atoms with Crippen LogP contribution in [0.2, 0.25) is 5.02 Å². The molecule has 0 aliphatic carbocycles. The fraction of sp³-hybridized carbons (Fsp3) is 0.348. The van der Waals surface area contributed by atoms with Crippen molar-refractivity contribution < 1.29 is 14.4 Å². The van der Waals surface area contributed by atoms with Gasteiger partial charge in [-0.05, 0) is 42.7 Å². The number of carbonyl (C=O) groups excluding carboxylic acids is 3. The fourth-order valence-corrected chi connectivity index (χ4v) is 3.72. The average Bonchev–Trinajstić information content (AvgIpc) is 3.17. The molecule has 6 nitrogen and oxygen atoms in total. The first-order valence-corrected chi connectivity index (χ1v) is 10.5. The van der Waals surface area contributed by atoms with Crippen LogP contribution in [0.5, 0.6) is 0 Å². The first kappa shape index (κ1) is 21.8. The molecule has 0 bridgehead atoms. The molecule has 158 valence electrons. The van der Waals surface area contributed by atoms with E-state index in [-0.39, 0.29) is 23.6 Å². The second-order valence-corrected chi connectivity index (χ2v) is 7.91. The molecule has 3 rings (SSSR count). The molecule has 2 aromatic carbocycles. The highest BCUT2D eigenvalue weighted by molar-refractivity contribution is 6.34. The smallest absolute Gasteiger partial charge is 0.251 e. The van der Waals surface area contributed by atoms with E-state index >= 15 is 0 Å². The molecule has 1 fully saturated rings. The van der Waals surface area contributed by atoms with Gasteiger partial charge in [0.2, 0.25) is 11.8 Å². The van der Waals surface area contributed by atoms with E-state index in [4.69, 9.17) is 11.6 Å². The van der Waals surface area contributed by atoms with Crippen molar-refractivity contribution in [3.8, 4) is 0 Å². The van der Waals surface area contributed by atoms with Crippen molar-refractivity contribution in [2.24, 2.45) is 5.92 Å². The number of rotatable bonds is 7. The molecular weight excluding hydrogens is 402 g/mol. The van der Waals surface area contributed by atoms with Crippen molar-refractivity contribution in [1.29, 1.82) is 0 Å². The van der Waals surface area contributed by atoms with Gasteiger partial charge >= 0.3 is 0 Å². The monoisotopic (exact) mass is 427 g/mol. The number of anilines is 2. The topological polar surface area (TPSA) is 78.5 Å². The Labute approximate surface area is 181 Å². The van der Waals surface area contributed by atoms with Gasteiger partial charge in [0.05, 0.1) is 10.7 Å². The third-order valence-corrected chi connectivity index (χ3v) is 5.70. The average molecular weight is 428 g/mol. The molecule has 0 spiro atoms. The van der Waals surface area contributed by atoms with Crippen LogP contribution in [0.4, 0.5) is 11.4 Å². The molecule has 1 saturated heterocycles. The van der Waals surface area contributed by atoms with Crippen molar-refractivity contribution in [3.05, 3.63) is 59.1 Å². The van der Waals surface area contributed by atoms with Crippen molar-refractivity contribution in [3.63, 3.8) is 0 Å². The van der Waals surface area contributed by atoms with E-state index in [1.807, 2.05) is 19.9 Å². The Bertz CT molecular complexity index is 933. The first-order valence-electron chi connectivity index (χ1n) is 10.2. The van der Waals surface area contributed by atoms with E-state index in [2.05, 4.69) is 10.6 Å². The van der Waals surface area contributed by atoms with Crippen LogP contribution in [0.25, 0.3) is 0 Å². The number of hydrogen-bond donors (Lipinski definition) is 2. The molecule has 2 N–H and O–H groups in total. The van der Waals surface area contributed by atoms with E-state index in [1.54, 1.807) is 47.4 Å². The second-order valence-electron chi connectivity index (χ2n) is 7.51. The van der Waals surface area contributed by atoms with Gasteiger partial charge in [-0.2, -0.15) is 0 Å². The summed E-state index contributed by atoms with van der Waals surface area (Å²) in [4.78, 5) is 39.1. The van der Waals surface area contributed by atoms with Crippen LogP contribution in [0.15, 0.2) is 48.5 Å². The SMILES string of the molecule is CCC(C)C(NC(=O)c1ccccc1)C(=O)Nc1ccc(N2CCCC2=O)c(Cl)c1. The van der Waals surface area contributed by atoms with Gasteiger partial charge in [0.15, 0.2) is 0 Å². The summed E-state index contributed by atoms with van der Waals surface area (Å²) in [5.41, 5.74) is 1.66. The van der Waals surface area contributed by atoms with Gasteiger partial charge in [-0.3, -0.25) is 14.4 Å². The van der Waals surface area contributed by atoms with Crippen molar-refractivity contribution >= 4 is 40.7 Å². The number of nitrogens with one attached hydrogen (secondary N) is 2. The number of halogens is 1. The van der Waals surface area contributed by atoms with Gasteiger partial charge in [-0.1, -0.05) is 50.1 Å². The van der Waals surface area contributed by atoms with Crippen LogP contribution in [0, 0.1) is 5.92 Å². The predicted octanol–water partition coefficient (Wildman–Crippen LogP) is 4.25. The Kier molecular flexibility index (Phi) is 7.11. The Balaban J connectivity index is 1.73. The summed E-state index contributed by atoms with van der Waals surface area (Å²) in [5, 5.41) is 6.09. The highest BCUT2D eigenvalue weighted by Crippen LogP contribution is 2.31. The molecule has 0 radical (unpaired) electrons. The molecule has 1 heterocycles. The lowest BCUT2D eigenvalue weighted by atomic mass is 9.97. The van der Waals surface area contributed by atoms with Crippen LogP contribution in [0.1, 0.15) is 43.5 Å². The van der Waals surface area contributed by atoms with Crippen LogP contribution < -0.4 is 15.5 Å². The quantitative estimate of drug-likeness (QED) is 0.693. The zero-order chi connectivity index (χ0) is 21.7. The van der Waals surface area contributed by atoms with Crippen molar-refractivity contribution in [1.82, 2.24) is 5.32 Å². The van der Waals surface area contributed by atoms with E-state index in [1.165, 1.54) is 0 Å². The van der Waals surface area contributed by atoms with E-state index < -0.39 is 6.04 Å². The van der Waals surface area contributed by atoms with E-state index in [0.29, 0.717) is 34.9 Å². The third kappa shape index (κ3) is 5.00. The van der Waals surface area contributed by atoms with Gasteiger partial charge in [-0.15, -0.1) is 0 Å². The Morgan fingerprint density at radius 1 is 1.17 bits per heavy atom. The molecule has 30 heavy (non-hydrogen) atoms. The lowest BCUT2D eigenvalue weighted by Gasteiger charge is -2.24. The number of carbonyl (C=O) groups is 3. The summed E-state index contributed by atoms with van der Waals surface area (Å²) < 4.78 is 0. The highest BCUT2D eigenvalue weighted by atomic mass is 35.5. The maximum Gasteiger partial charge on any atom is 0.251 e. The molecule has 1 aliphatic rings. The van der Waals surface area contributed by atoms with Gasteiger partial charge in [0.25, 0.3) is 5.91 Å². The van der Waals surface area contributed by atoms with Crippen LogP contribution in [-0.4, -0.2) is 30.3 Å². The van der Waals surface area contributed by atoms with Crippen LogP contribution in [0.3, 0.4) is 0 Å². The summed E-state index contributed by atoms with van der Waals surface area (Å²) >= 11 is 6.38. The maximum absolute atomic E-state index is 13.0. The molecule has 0 aromatic heterocycles. The molecular formula is C23H26ClN3O3. The zero-order valence-corrected chi connectivity index (χ0v) is 17.9. The highest BCUT2D eigenvalue weighted by Gasteiger charge is 2.27. The molecule has 0 saturated carbocycles. The molecule has 2 unspecified atom stereocenters. The Morgan fingerprint density at radius 2 is 1.90 bits per heavy atom. The number of hydrogen-bond acceptors (Lipinski definition) is 3. The Morgan fingerprint density at radius 3 is 2.50 bits per heavy atom. The van der Waals surface area contributed by atoms with Crippen molar-refractivity contribution in [2.45, 2.75) is 39.2 Å². The van der Waals surface area contributed by atoms with E-state index in [0.717, 1.165) is 12.8 Å². The Hall–Kier alpha value is -2.86. The summed E-state index contributed by atoms with van der Waals surface area (Å²) in [6.07, 6.45) is 2.06. The summed E-state index contributed by atoms with van der Waals surface area (Å²) in [6.45, 7) is 4.54. The minimum Gasteiger partial charge on any atom is -0.340 e. The van der Waals surface area contributed by atoms with Crippen molar-refractivity contribution in [2.75, 3.05) is 16.8 Å². The van der Waals surface area contributed by atoms with Gasteiger partial charge in [0.1, 0.15) is 6.04 Å². The standard InChI is InChI=1S/C23H26ClN3O3/c1-3-15(2)21(26-22(29)16-8-5-4-6-9-16)23(30)25-17-11-12-19(18(24)14-17)27-13-7-10-20(27)28/h4-6,8-9,11-12,14-15,21H,3,7,10,13H2,1-2H3,(H,25,30)(H,26,29). The molecule has 7 heteroatoms. The number of amides is 3. The maximum atomic E-state index is 13.0. The van der Waals surface area contributed by atoms with Crippen LogP contribution >= 0.6 is 11.6 Å². The first-order chi connectivity index (χ1) is 14.4. The van der Waals surface area contributed by atoms with Gasteiger partial charge < -0.3 is 15.5 Å². The number of benzene rings is 2. The minimum absolute atomic E-state index is 0.0501. The van der Waals surface area contributed by atoms with Crippen LogP contribution in [-0.2, 0) is 9.59 Å². The largest absolute Gasteiger partial charge is 0.340 e. The van der Waals surface area contributed by atoms with E-state index in [9.17, 15) is 14.4 Å². The molecule has 3 amide bonds. The van der Waals surface area contributed by atoms with Gasteiger partial charge in [0, 0.05) is 24.2 Å². The third-order valence-electron chi connectivity index (χ3n) is 5.40. The lowest BCUT2D eigenvalue weighted by molar-refractivity contribution is -0.119. The summed E-state index contributed by atoms with van der Waals surface area (Å²) in [7, 11) is 0.